The standard InChI is InChI=1S/C26H30N2O2/c1-3-28(4-2)23-12-8-11-21(19-23)10-7-9-20-15-17-22(18-16-20)27-25-14-6-5-13-24(25)26(29)30/h5-6,8,11-19,27H,3-4,7,9-10H2,1-2H3,(H,29,30). The molecule has 0 aromatic heterocycles. The van der Waals surface area contributed by atoms with Crippen LogP contribution in [0.15, 0.2) is 72.8 Å². The molecule has 4 nitrogen and oxygen atoms in total. The number of anilines is 3. The summed E-state index contributed by atoms with van der Waals surface area (Å²) >= 11 is 0. The van der Waals surface area contributed by atoms with Gasteiger partial charge in [-0.05, 0) is 80.6 Å². The molecule has 0 aliphatic carbocycles. The van der Waals surface area contributed by atoms with Crippen molar-refractivity contribution in [2.45, 2.75) is 33.1 Å². The third-order valence-corrected chi connectivity index (χ3v) is 5.36. The first-order valence-electron chi connectivity index (χ1n) is 10.6. The van der Waals surface area contributed by atoms with Gasteiger partial charge in [0, 0.05) is 24.5 Å². The summed E-state index contributed by atoms with van der Waals surface area (Å²) in [5.74, 6) is -0.931. The molecule has 0 radical (unpaired) electrons. The summed E-state index contributed by atoms with van der Waals surface area (Å²) in [7, 11) is 0. The summed E-state index contributed by atoms with van der Waals surface area (Å²) < 4.78 is 0. The summed E-state index contributed by atoms with van der Waals surface area (Å²) in [5, 5.41) is 12.5. The quantitative estimate of drug-likeness (QED) is 0.427. The van der Waals surface area contributed by atoms with Crippen molar-refractivity contribution in [1.82, 2.24) is 0 Å². The van der Waals surface area contributed by atoms with Gasteiger partial charge < -0.3 is 15.3 Å². The molecule has 2 N–H and O–H groups in total. The topological polar surface area (TPSA) is 52.6 Å². The van der Waals surface area contributed by atoms with Crippen molar-refractivity contribution in [2.24, 2.45) is 0 Å². The molecular formula is C26H30N2O2. The number of hydrogen-bond acceptors (Lipinski definition) is 3. The van der Waals surface area contributed by atoms with Crippen molar-refractivity contribution >= 4 is 23.0 Å². The highest BCUT2D eigenvalue weighted by Gasteiger charge is 2.09. The number of para-hydroxylation sites is 1. The Morgan fingerprint density at radius 3 is 2.27 bits per heavy atom. The van der Waals surface area contributed by atoms with Crippen LogP contribution in [0.2, 0.25) is 0 Å². The molecule has 0 fully saturated rings. The lowest BCUT2D eigenvalue weighted by molar-refractivity contribution is 0.0698. The van der Waals surface area contributed by atoms with Gasteiger partial charge in [0.2, 0.25) is 0 Å². The van der Waals surface area contributed by atoms with Crippen LogP contribution in [0.5, 0.6) is 0 Å². The van der Waals surface area contributed by atoms with Gasteiger partial charge in [0.25, 0.3) is 0 Å². The second-order valence-electron chi connectivity index (χ2n) is 7.37. The Morgan fingerprint density at radius 1 is 0.867 bits per heavy atom. The highest BCUT2D eigenvalue weighted by Crippen LogP contribution is 2.22. The van der Waals surface area contributed by atoms with Crippen LogP contribution < -0.4 is 10.2 Å². The van der Waals surface area contributed by atoms with E-state index in [2.05, 4.69) is 60.5 Å². The fourth-order valence-corrected chi connectivity index (χ4v) is 3.68. The Morgan fingerprint density at radius 2 is 1.57 bits per heavy atom. The van der Waals surface area contributed by atoms with Crippen LogP contribution in [0.25, 0.3) is 0 Å². The van der Waals surface area contributed by atoms with Crippen molar-refractivity contribution in [2.75, 3.05) is 23.3 Å². The van der Waals surface area contributed by atoms with Gasteiger partial charge in [0.15, 0.2) is 0 Å². The molecule has 156 valence electrons. The highest BCUT2D eigenvalue weighted by molar-refractivity contribution is 5.95. The molecule has 3 aromatic carbocycles. The molecule has 3 aromatic rings. The van der Waals surface area contributed by atoms with Crippen molar-refractivity contribution in [3.63, 3.8) is 0 Å². The molecule has 4 heteroatoms. The van der Waals surface area contributed by atoms with Gasteiger partial charge in [-0.25, -0.2) is 4.79 Å². The SMILES string of the molecule is CCN(CC)c1cccc(CCCc2ccc(Nc3ccccc3C(=O)O)cc2)c1. The largest absolute Gasteiger partial charge is 0.478 e. The molecule has 0 atom stereocenters. The summed E-state index contributed by atoms with van der Waals surface area (Å²) in [6.07, 6.45) is 3.17. The Bertz CT molecular complexity index is 963. The van der Waals surface area contributed by atoms with Crippen LogP contribution in [-0.4, -0.2) is 24.2 Å². The van der Waals surface area contributed by atoms with Gasteiger partial charge in [-0.15, -0.1) is 0 Å². The zero-order valence-corrected chi connectivity index (χ0v) is 17.8. The molecule has 0 saturated carbocycles. The summed E-state index contributed by atoms with van der Waals surface area (Å²) in [6.45, 7) is 6.43. The fraction of sp³-hybridized carbons (Fsp3) is 0.269. The molecule has 0 amide bonds. The zero-order chi connectivity index (χ0) is 21.3. The van der Waals surface area contributed by atoms with E-state index in [0.717, 1.165) is 38.0 Å². The van der Waals surface area contributed by atoms with Crippen molar-refractivity contribution in [3.05, 3.63) is 89.5 Å². The van der Waals surface area contributed by atoms with Crippen molar-refractivity contribution in [1.29, 1.82) is 0 Å². The first kappa shape index (κ1) is 21.4. The van der Waals surface area contributed by atoms with Crippen molar-refractivity contribution < 1.29 is 9.90 Å². The maximum Gasteiger partial charge on any atom is 0.337 e. The van der Waals surface area contributed by atoms with E-state index in [0.29, 0.717) is 5.69 Å². The van der Waals surface area contributed by atoms with Gasteiger partial charge in [0.05, 0.1) is 11.3 Å². The fourth-order valence-electron chi connectivity index (χ4n) is 3.68. The van der Waals surface area contributed by atoms with E-state index >= 15 is 0 Å². The lowest BCUT2D eigenvalue weighted by Crippen LogP contribution is -2.21. The van der Waals surface area contributed by atoms with E-state index in [9.17, 15) is 9.90 Å². The lowest BCUT2D eigenvalue weighted by Gasteiger charge is -2.21. The minimum atomic E-state index is -0.931. The highest BCUT2D eigenvalue weighted by atomic mass is 16.4. The zero-order valence-electron chi connectivity index (χ0n) is 17.8. The number of aromatic carboxylic acids is 1. The van der Waals surface area contributed by atoms with E-state index in [1.807, 2.05) is 18.2 Å². The number of carbonyl (C=O) groups is 1. The number of carboxylic acids is 1. The normalized spacial score (nSPS) is 10.6. The second-order valence-corrected chi connectivity index (χ2v) is 7.37. The van der Waals surface area contributed by atoms with E-state index in [4.69, 9.17) is 0 Å². The molecular weight excluding hydrogens is 372 g/mol. The van der Waals surface area contributed by atoms with Gasteiger partial charge in [-0.3, -0.25) is 0 Å². The number of hydrogen-bond donors (Lipinski definition) is 2. The third-order valence-electron chi connectivity index (χ3n) is 5.36. The number of aryl methyl sites for hydroxylation is 2. The molecule has 0 aliphatic heterocycles. The Kier molecular flexibility index (Phi) is 7.50. The molecule has 0 heterocycles. The van der Waals surface area contributed by atoms with Crippen LogP contribution in [0, 0.1) is 0 Å². The van der Waals surface area contributed by atoms with Gasteiger partial charge >= 0.3 is 5.97 Å². The molecule has 0 saturated heterocycles. The van der Waals surface area contributed by atoms with Crippen LogP contribution >= 0.6 is 0 Å². The summed E-state index contributed by atoms with van der Waals surface area (Å²) in [5.41, 5.74) is 5.73. The monoisotopic (exact) mass is 402 g/mol. The number of nitrogens with zero attached hydrogens (tertiary/aromatic N) is 1. The summed E-state index contributed by atoms with van der Waals surface area (Å²) in [4.78, 5) is 13.7. The van der Waals surface area contributed by atoms with E-state index in [1.165, 1.54) is 16.8 Å². The van der Waals surface area contributed by atoms with Crippen molar-refractivity contribution in [3.8, 4) is 0 Å². The van der Waals surface area contributed by atoms with E-state index < -0.39 is 5.97 Å². The molecule has 30 heavy (non-hydrogen) atoms. The number of nitrogens with one attached hydrogen (secondary N) is 1. The third kappa shape index (κ3) is 5.63. The maximum absolute atomic E-state index is 11.4. The van der Waals surface area contributed by atoms with Crippen LogP contribution in [0.4, 0.5) is 17.1 Å². The predicted molar refractivity (Wildman–Crippen MR) is 125 cm³/mol. The minimum absolute atomic E-state index is 0.272. The smallest absolute Gasteiger partial charge is 0.337 e. The lowest BCUT2D eigenvalue weighted by atomic mass is 10.0. The Hall–Kier alpha value is -3.27. The minimum Gasteiger partial charge on any atom is -0.478 e. The molecule has 3 rings (SSSR count). The predicted octanol–water partition coefficient (Wildman–Crippen LogP) is 6.15. The van der Waals surface area contributed by atoms with Gasteiger partial charge in [-0.2, -0.15) is 0 Å². The van der Waals surface area contributed by atoms with Crippen LogP contribution in [-0.2, 0) is 12.8 Å². The van der Waals surface area contributed by atoms with Crippen LogP contribution in [0.3, 0.4) is 0 Å². The molecule has 0 spiro atoms. The second kappa shape index (κ2) is 10.5. The average Bonchev–Trinajstić information content (AvgIpc) is 2.76. The number of carboxylic acid groups (broad SMARTS) is 1. The molecule has 0 unspecified atom stereocenters. The van der Waals surface area contributed by atoms with Gasteiger partial charge in [0.1, 0.15) is 0 Å². The number of rotatable bonds is 10. The Balaban J connectivity index is 1.56. The average molecular weight is 403 g/mol. The summed E-state index contributed by atoms with van der Waals surface area (Å²) in [6, 6.07) is 24.0. The first-order chi connectivity index (χ1) is 14.6. The first-order valence-corrected chi connectivity index (χ1v) is 10.6. The Labute approximate surface area is 179 Å². The van der Waals surface area contributed by atoms with Gasteiger partial charge in [-0.1, -0.05) is 36.4 Å². The van der Waals surface area contributed by atoms with Crippen LogP contribution in [0.1, 0.15) is 41.8 Å². The number of benzene rings is 3. The van der Waals surface area contributed by atoms with E-state index in [-0.39, 0.29) is 5.56 Å². The molecule has 0 aliphatic rings. The van der Waals surface area contributed by atoms with E-state index in [1.54, 1.807) is 18.2 Å². The molecule has 0 bridgehead atoms. The maximum atomic E-state index is 11.4.